The highest BCUT2D eigenvalue weighted by Gasteiger charge is 1.94. The van der Waals surface area contributed by atoms with Gasteiger partial charge in [0.05, 0.1) is 6.61 Å². The van der Waals surface area contributed by atoms with Gasteiger partial charge < -0.3 is 9.84 Å². The average Bonchev–Trinajstić information content (AvgIpc) is 1.87. The van der Waals surface area contributed by atoms with Gasteiger partial charge in [-0.15, -0.1) is 0 Å². The molecule has 0 radical (unpaired) electrons. The van der Waals surface area contributed by atoms with Gasteiger partial charge >= 0.3 is 12.1 Å². The summed E-state index contributed by atoms with van der Waals surface area (Å²) >= 11 is 0. The molecule has 2 N–H and O–H groups in total. The maximum Gasteiger partial charge on any atom is 0.411 e. The lowest BCUT2D eigenvalue weighted by atomic mass is 10.6. The van der Waals surface area contributed by atoms with Crippen LogP contribution in [0, 0.1) is 0 Å². The molecule has 0 aromatic rings. The van der Waals surface area contributed by atoms with E-state index in [1.807, 2.05) is 0 Å². The summed E-state index contributed by atoms with van der Waals surface area (Å²) in [6.07, 6.45) is 1.14. The summed E-state index contributed by atoms with van der Waals surface area (Å²) in [5.41, 5.74) is 0. The average molecular weight is 159 g/mol. The van der Waals surface area contributed by atoms with Crippen molar-refractivity contribution in [2.24, 2.45) is 0 Å². The lowest BCUT2D eigenvalue weighted by Gasteiger charge is -1.97. The van der Waals surface area contributed by atoms with Gasteiger partial charge in [-0.2, -0.15) is 0 Å². The van der Waals surface area contributed by atoms with Crippen LogP contribution in [0.2, 0.25) is 0 Å². The van der Waals surface area contributed by atoms with Crippen LogP contribution < -0.4 is 5.32 Å². The van der Waals surface area contributed by atoms with Crippen LogP contribution in [0.5, 0.6) is 0 Å². The van der Waals surface area contributed by atoms with Gasteiger partial charge in [-0.3, -0.25) is 5.32 Å². The zero-order chi connectivity index (χ0) is 8.69. The zero-order valence-corrected chi connectivity index (χ0v) is 6.03. The minimum atomic E-state index is -1.12. The third kappa shape index (κ3) is 6.36. The monoisotopic (exact) mass is 159 g/mol. The number of carboxylic acids is 1. The van der Waals surface area contributed by atoms with Gasteiger partial charge in [0.2, 0.25) is 0 Å². The van der Waals surface area contributed by atoms with Crippen molar-refractivity contribution in [2.75, 3.05) is 6.61 Å². The van der Waals surface area contributed by atoms with Crippen LogP contribution in [0.15, 0.2) is 12.3 Å². The van der Waals surface area contributed by atoms with Gasteiger partial charge in [0.1, 0.15) is 0 Å². The van der Waals surface area contributed by atoms with E-state index in [0.29, 0.717) is 0 Å². The molecular weight excluding hydrogens is 150 g/mol. The van der Waals surface area contributed by atoms with E-state index in [0.717, 1.165) is 12.3 Å². The number of carboxylic acid groups (broad SMARTS) is 1. The Balaban J connectivity index is 3.53. The minimum Gasteiger partial charge on any atom is -0.478 e. The van der Waals surface area contributed by atoms with Crippen LogP contribution in [0.25, 0.3) is 0 Å². The molecule has 0 aliphatic rings. The standard InChI is InChI=1S/C6H9NO4/c1-2-11-6(10)7-4-3-5(8)9/h3-4H,2H2,1H3,(H,7,10)(H,8,9)/b4-3+. The molecule has 0 rings (SSSR count). The van der Waals surface area contributed by atoms with E-state index in [1.165, 1.54) is 0 Å². The molecule has 0 atom stereocenters. The molecule has 11 heavy (non-hydrogen) atoms. The van der Waals surface area contributed by atoms with Crippen molar-refractivity contribution < 1.29 is 19.4 Å². The second-order valence-electron chi connectivity index (χ2n) is 1.54. The molecule has 0 aromatic heterocycles. The van der Waals surface area contributed by atoms with Gasteiger partial charge in [-0.05, 0) is 6.92 Å². The van der Waals surface area contributed by atoms with E-state index in [4.69, 9.17) is 5.11 Å². The topological polar surface area (TPSA) is 75.6 Å². The first kappa shape index (κ1) is 9.48. The molecular formula is C6H9NO4. The van der Waals surface area contributed by atoms with Crippen molar-refractivity contribution in [3.8, 4) is 0 Å². The van der Waals surface area contributed by atoms with Crippen LogP contribution in [-0.2, 0) is 9.53 Å². The van der Waals surface area contributed by atoms with Crippen LogP contribution in [-0.4, -0.2) is 23.8 Å². The van der Waals surface area contributed by atoms with Crippen LogP contribution >= 0.6 is 0 Å². The Labute approximate surface area is 63.7 Å². The van der Waals surface area contributed by atoms with E-state index in [-0.39, 0.29) is 6.61 Å². The second kappa shape index (κ2) is 5.28. The van der Waals surface area contributed by atoms with E-state index < -0.39 is 12.1 Å². The number of carbonyl (C=O) groups is 2. The molecule has 0 aliphatic heterocycles. The highest BCUT2D eigenvalue weighted by molar-refractivity contribution is 5.80. The predicted octanol–water partition coefficient (Wildman–Crippen LogP) is 0.331. The first-order chi connectivity index (χ1) is 5.16. The van der Waals surface area contributed by atoms with Crippen molar-refractivity contribution in [3.05, 3.63) is 12.3 Å². The molecule has 0 aromatic carbocycles. The summed E-state index contributed by atoms with van der Waals surface area (Å²) in [6.45, 7) is 1.91. The Morgan fingerprint density at radius 1 is 1.64 bits per heavy atom. The number of nitrogens with one attached hydrogen (secondary N) is 1. The number of hydrogen-bond donors (Lipinski definition) is 2. The second-order valence-corrected chi connectivity index (χ2v) is 1.54. The molecule has 0 saturated heterocycles. The predicted molar refractivity (Wildman–Crippen MR) is 36.9 cm³/mol. The molecule has 0 unspecified atom stereocenters. The number of ether oxygens (including phenoxy) is 1. The zero-order valence-electron chi connectivity index (χ0n) is 6.03. The van der Waals surface area contributed by atoms with Gasteiger partial charge in [0.25, 0.3) is 0 Å². The van der Waals surface area contributed by atoms with Crippen LogP contribution in [0.3, 0.4) is 0 Å². The van der Waals surface area contributed by atoms with Crippen LogP contribution in [0.1, 0.15) is 6.92 Å². The molecule has 1 amide bonds. The molecule has 5 nitrogen and oxygen atoms in total. The number of hydrogen-bond acceptors (Lipinski definition) is 3. The molecule has 62 valence electrons. The van der Waals surface area contributed by atoms with E-state index in [1.54, 1.807) is 6.92 Å². The third-order valence-electron chi connectivity index (χ3n) is 0.703. The highest BCUT2D eigenvalue weighted by atomic mass is 16.5. The van der Waals surface area contributed by atoms with Crippen LogP contribution in [0.4, 0.5) is 4.79 Å². The Morgan fingerprint density at radius 3 is 2.73 bits per heavy atom. The number of rotatable bonds is 3. The maximum absolute atomic E-state index is 10.4. The lowest BCUT2D eigenvalue weighted by Crippen LogP contribution is -2.18. The van der Waals surface area contributed by atoms with Crippen molar-refractivity contribution in [1.29, 1.82) is 0 Å². The third-order valence-corrected chi connectivity index (χ3v) is 0.703. The Bertz CT molecular complexity index is 175. The van der Waals surface area contributed by atoms with E-state index >= 15 is 0 Å². The normalized spacial score (nSPS) is 9.55. The number of amides is 1. The molecule has 0 bridgehead atoms. The quantitative estimate of drug-likeness (QED) is 0.582. The number of alkyl carbamates (subject to hydrolysis) is 1. The summed E-state index contributed by atoms with van der Waals surface area (Å²) in [6, 6.07) is 0. The van der Waals surface area contributed by atoms with E-state index in [9.17, 15) is 9.59 Å². The Morgan fingerprint density at radius 2 is 2.27 bits per heavy atom. The number of carbonyl (C=O) groups excluding carboxylic acids is 1. The maximum atomic E-state index is 10.4. The Hall–Kier alpha value is -1.52. The van der Waals surface area contributed by atoms with Gasteiger partial charge in [-0.1, -0.05) is 0 Å². The molecule has 0 aliphatic carbocycles. The first-order valence-electron chi connectivity index (χ1n) is 2.99. The van der Waals surface area contributed by atoms with Crippen molar-refractivity contribution in [2.45, 2.75) is 6.92 Å². The first-order valence-corrected chi connectivity index (χ1v) is 2.99. The van der Waals surface area contributed by atoms with Gasteiger partial charge in [-0.25, -0.2) is 9.59 Å². The lowest BCUT2D eigenvalue weighted by molar-refractivity contribution is -0.131. The Kier molecular flexibility index (Phi) is 4.55. The molecule has 0 fully saturated rings. The summed E-state index contributed by atoms with van der Waals surface area (Å²) in [5, 5.41) is 10.2. The molecule has 5 heteroatoms. The summed E-state index contributed by atoms with van der Waals surface area (Å²) in [5.74, 6) is -1.12. The molecule has 0 spiro atoms. The minimum absolute atomic E-state index is 0.257. The molecule has 0 saturated carbocycles. The fourth-order valence-corrected chi connectivity index (χ4v) is 0.354. The van der Waals surface area contributed by atoms with Gasteiger partial charge in [0.15, 0.2) is 0 Å². The summed E-state index contributed by atoms with van der Waals surface area (Å²) < 4.78 is 4.43. The highest BCUT2D eigenvalue weighted by Crippen LogP contribution is 1.76. The summed E-state index contributed by atoms with van der Waals surface area (Å²) in [7, 11) is 0. The summed E-state index contributed by atoms with van der Waals surface area (Å²) in [4.78, 5) is 20.3. The fraction of sp³-hybridized carbons (Fsp3) is 0.333. The SMILES string of the molecule is CCOC(=O)N/C=C/C(=O)O. The van der Waals surface area contributed by atoms with Gasteiger partial charge in [0, 0.05) is 12.3 Å². The van der Waals surface area contributed by atoms with E-state index in [2.05, 4.69) is 10.1 Å². The number of aliphatic carboxylic acids is 1. The van der Waals surface area contributed by atoms with Crippen molar-refractivity contribution in [1.82, 2.24) is 5.32 Å². The molecule has 0 heterocycles. The smallest absolute Gasteiger partial charge is 0.411 e. The fourth-order valence-electron chi connectivity index (χ4n) is 0.354. The van der Waals surface area contributed by atoms with Crippen molar-refractivity contribution in [3.63, 3.8) is 0 Å². The largest absolute Gasteiger partial charge is 0.478 e. The van der Waals surface area contributed by atoms with Crippen molar-refractivity contribution >= 4 is 12.1 Å².